The van der Waals surface area contributed by atoms with E-state index < -0.39 is 0 Å². The van der Waals surface area contributed by atoms with Gasteiger partial charge in [-0.3, -0.25) is 15.0 Å². The van der Waals surface area contributed by atoms with E-state index in [0.29, 0.717) is 17.6 Å². The van der Waals surface area contributed by atoms with Gasteiger partial charge < -0.3 is 5.32 Å². The van der Waals surface area contributed by atoms with Crippen LogP contribution >= 0.6 is 24.0 Å². The van der Waals surface area contributed by atoms with E-state index in [1.54, 1.807) is 12.1 Å². The molecule has 1 aromatic carbocycles. The molecule has 0 bridgehead atoms. The van der Waals surface area contributed by atoms with Crippen LogP contribution in [0.15, 0.2) is 18.2 Å². The monoisotopic (exact) mass is 347 g/mol. The van der Waals surface area contributed by atoms with Gasteiger partial charge in [0.2, 0.25) is 0 Å². The highest BCUT2D eigenvalue weighted by molar-refractivity contribution is 6.30. The maximum Gasteiger partial charge on any atom is 0.275 e. The van der Waals surface area contributed by atoms with Crippen molar-refractivity contribution in [2.75, 3.05) is 19.6 Å². The number of rotatable bonds is 6. The first-order valence-corrected chi connectivity index (χ1v) is 7.87. The molecule has 22 heavy (non-hydrogen) atoms. The number of nitrogens with one attached hydrogen (secondary N) is 1. The van der Waals surface area contributed by atoms with Gasteiger partial charge in [0.1, 0.15) is 0 Å². The summed E-state index contributed by atoms with van der Waals surface area (Å²) >= 11 is 5.88. The second-order valence-corrected chi connectivity index (χ2v) is 5.92. The predicted octanol–water partition coefficient (Wildman–Crippen LogP) is 3.63. The van der Waals surface area contributed by atoms with Crippen LogP contribution in [0.5, 0.6) is 0 Å². The average molecular weight is 348 g/mol. The molecule has 1 aliphatic heterocycles. The van der Waals surface area contributed by atoms with Crippen LogP contribution in [0.1, 0.15) is 31.7 Å². The first kappa shape index (κ1) is 19.2. The van der Waals surface area contributed by atoms with Gasteiger partial charge in [-0.1, -0.05) is 18.5 Å². The highest BCUT2D eigenvalue weighted by atomic mass is 35.5. The van der Waals surface area contributed by atoms with Crippen LogP contribution in [0, 0.1) is 10.1 Å². The molecule has 1 fully saturated rings. The van der Waals surface area contributed by atoms with E-state index in [4.69, 9.17) is 11.6 Å². The first-order valence-electron chi connectivity index (χ1n) is 7.49. The van der Waals surface area contributed by atoms with E-state index >= 15 is 0 Å². The number of halogens is 2. The second-order valence-electron chi connectivity index (χ2n) is 5.48. The van der Waals surface area contributed by atoms with Crippen molar-refractivity contribution >= 4 is 29.7 Å². The Labute approximate surface area is 142 Å². The van der Waals surface area contributed by atoms with E-state index in [2.05, 4.69) is 17.1 Å². The number of piperidine rings is 1. The summed E-state index contributed by atoms with van der Waals surface area (Å²) in [6, 6.07) is 5.46. The maximum absolute atomic E-state index is 11.2. The van der Waals surface area contributed by atoms with E-state index in [0.717, 1.165) is 44.5 Å². The van der Waals surface area contributed by atoms with Crippen LogP contribution in [-0.2, 0) is 6.54 Å². The molecule has 5 nitrogen and oxygen atoms in total. The van der Waals surface area contributed by atoms with Crippen molar-refractivity contribution in [2.24, 2.45) is 0 Å². The summed E-state index contributed by atoms with van der Waals surface area (Å²) in [6.45, 7) is 5.77. The molecule has 0 radical (unpaired) electrons. The van der Waals surface area contributed by atoms with Gasteiger partial charge in [0.25, 0.3) is 5.69 Å². The van der Waals surface area contributed by atoms with Crippen molar-refractivity contribution in [1.82, 2.24) is 10.2 Å². The number of nitrogens with zero attached hydrogens (tertiary/aromatic N) is 2. The molecule has 7 heteroatoms. The molecule has 1 aliphatic rings. The van der Waals surface area contributed by atoms with Gasteiger partial charge in [-0.2, -0.15) is 0 Å². The Morgan fingerprint density at radius 1 is 1.41 bits per heavy atom. The summed E-state index contributed by atoms with van der Waals surface area (Å²) in [4.78, 5) is 13.2. The van der Waals surface area contributed by atoms with Crippen molar-refractivity contribution in [2.45, 2.75) is 38.8 Å². The fourth-order valence-electron chi connectivity index (χ4n) is 2.91. The zero-order valence-electron chi connectivity index (χ0n) is 12.8. The lowest BCUT2D eigenvalue weighted by atomic mass is 10.0. The van der Waals surface area contributed by atoms with Gasteiger partial charge in [0, 0.05) is 29.2 Å². The first-order chi connectivity index (χ1) is 10.1. The minimum absolute atomic E-state index is 0. The Morgan fingerprint density at radius 2 is 2.09 bits per heavy atom. The smallest absolute Gasteiger partial charge is 0.275 e. The zero-order valence-corrected chi connectivity index (χ0v) is 14.3. The van der Waals surface area contributed by atoms with Crippen LogP contribution < -0.4 is 5.32 Å². The highest BCUT2D eigenvalue weighted by Crippen LogP contribution is 2.26. The summed E-state index contributed by atoms with van der Waals surface area (Å²) in [5.41, 5.74) is 0.869. The summed E-state index contributed by atoms with van der Waals surface area (Å²) < 4.78 is 0. The van der Waals surface area contributed by atoms with Gasteiger partial charge in [-0.15, -0.1) is 12.4 Å². The van der Waals surface area contributed by atoms with E-state index in [-0.39, 0.29) is 23.0 Å². The molecule has 0 aliphatic carbocycles. The van der Waals surface area contributed by atoms with Gasteiger partial charge >= 0.3 is 0 Å². The van der Waals surface area contributed by atoms with Crippen LogP contribution in [-0.4, -0.2) is 35.5 Å². The van der Waals surface area contributed by atoms with Crippen molar-refractivity contribution in [1.29, 1.82) is 0 Å². The predicted molar refractivity (Wildman–Crippen MR) is 91.9 cm³/mol. The minimum atomic E-state index is -0.340. The van der Waals surface area contributed by atoms with Gasteiger partial charge in [0.05, 0.1) is 4.92 Å². The number of nitro benzene ring substituents is 1. The van der Waals surface area contributed by atoms with Crippen LogP contribution in [0.2, 0.25) is 5.02 Å². The molecule has 0 unspecified atom stereocenters. The number of nitro groups is 1. The SMILES string of the molecule is CCCN(Cc1ccc(Cl)cc1[N+](=O)[O-])C1CCNCC1.Cl. The Hall–Kier alpha value is -0.880. The summed E-state index contributed by atoms with van der Waals surface area (Å²) in [5.74, 6) is 0. The zero-order chi connectivity index (χ0) is 15.2. The largest absolute Gasteiger partial charge is 0.317 e. The molecule has 0 aromatic heterocycles. The molecule has 124 valence electrons. The van der Waals surface area contributed by atoms with Gasteiger partial charge in [0.15, 0.2) is 0 Å². The van der Waals surface area contributed by atoms with E-state index in [1.807, 2.05) is 0 Å². The Kier molecular flexibility index (Phi) is 8.10. The number of hydrogen-bond acceptors (Lipinski definition) is 4. The molecule has 1 saturated heterocycles. The Balaban J connectivity index is 0.00000242. The van der Waals surface area contributed by atoms with Crippen molar-refractivity contribution in [3.05, 3.63) is 38.9 Å². The third kappa shape index (κ3) is 5.09. The van der Waals surface area contributed by atoms with Crippen molar-refractivity contribution < 1.29 is 4.92 Å². The molecule has 1 N–H and O–H groups in total. The molecular weight excluding hydrogens is 325 g/mol. The van der Waals surface area contributed by atoms with Crippen molar-refractivity contribution in [3.63, 3.8) is 0 Å². The maximum atomic E-state index is 11.2. The fourth-order valence-corrected chi connectivity index (χ4v) is 3.08. The van der Waals surface area contributed by atoms with E-state index in [9.17, 15) is 10.1 Å². The molecule has 1 heterocycles. The average Bonchev–Trinajstić information content (AvgIpc) is 2.49. The molecule has 2 rings (SSSR count). The van der Waals surface area contributed by atoms with Crippen LogP contribution in [0.4, 0.5) is 5.69 Å². The summed E-state index contributed by atoms with van der Waals surface area (Å²) in [5, 5.41) is 15.0. The normalized spacial score (nSPS) is 15.6. The van der Waals surface area contributed by atoms with Gasteiger partial charge in [-0.25, -0.2) is 0 Å². The lowest BCUT2D eigenvalue weighted by molar-refractivity contribution is -0.385. The molecule has 0 amide bonds. The minimum Gasteiger partial charge on any atom is -0.317 e. The van der Waals surface area contributed by atoms with Crippen LogP contribution in [0.25, 0.3) is 0 Å². The topological polar surface area (TPSA) is 58.4 Å². The number of benzene rings is 1. The van der Waals surface area contributed by atoms with Crippen LogP contribution in [0.3, 0.4) is 0 Å². The Bertz CT molecular complexity index is 494. The molecule has 0 spiro atoms. The summed E-state index contributed by atoms with van der Waals surface area (Å²) in [6.07, 6.45) is 3.24. The molecule has 1 aromatic rings. The molecular formula is C15H23Cl2N3O2. The third-order valence-corrected chi connectivity index (χ3v) is 4.19. The second kappa shape index (κ2) is 9.30. The molecule has 0 saturated carbocycles. The highest BCUT2D eigenvalue weighted by Gasteiger charge is 2.23. The number of hydrogen-bond donors (Lipinski definition) is 1. The Morgan fingerprint density at radius 3 is 2.68 bits per heavy atom. The fraction of sp³-hybridized carbons (Fsp3) is 0.600. The standard InChI is InChI=1S/C15H22ClN3O2.ClH/c1-2-9-18(14-5-7-17-8-6-14)11-12-3-4-13(16)10-15(12)19(20)21;/h3-4,10,14,17H,2,5-9,11H2,1H3;1H. The molecule has 0 atom stereocenters. The van der Waals surface area contributed by atoms with E-state index in [1.165, 1.54) is 6.07 Å². The van der Waals surface area contributed by atoms with Gasteiger partial charge in [-0.05, 0) is 51.0 Å². The lowest BCUT2D eigenvalue weighted by Crippen LogP contribution is -2.43. The summed E-state index contributed by atoms with van der Waals surface area (Å²) in [7, 11) is 0. The van der Waals surface area contributed by atoms with Crippen molar-refractivity contribution in [3.8, 4) is 0 Å². The third-order valence-electron chi connectivity index (χ3n) is 3.95. The lowest BCUT2D eigenvalue weighted by Gasteiger charge is -2.34. The quantitative estimate of drug-likeness (QED) is 0.630.